The van der Waals surface area contributed by atoms with Gasteiger partial charge in [0.25, 0.3) is 5.91 Å². The SMILES string of the molecule is Cn1cnc(CNC(=O)c2ccc(O)cc2O)n1. The van der Waals surface area contributed by atoms with Crippen LogP contribution in [0.25, 0.3) is 0 Å². The van der Waals surface area contributed by atoms with E-state index in [-0.39, 0.29) is 23.6 Å². The Morgan fingerprint density at radius 2 is 2.22 bits per heavy atom. The van der Waals surface area contributed by atoms with Crippen LogP contribution in [0, 0.1) is 0 Å². The highest BCUT2D eigenvalue weighted by Crippen LogP contribution is 2.22. The lowest BCUT2D eigenvalue weighted by Crippen LogP contribution is -2.23. The Morgan fingerprint density at radius 3 is 2.83 bits per heavy atom. The Bertz CT molecular complexity index is 579. The van der Waals surface area contributed by atoms with Gasteiger partial charge >= 0.3 is 0 Å². The molecule has 7 heteroatoms. The smallest absolute Gasteiger partial charge is 0.255 e. The molecule has 0 unspecified atom stereocenters. The predicted molar refractivity (Wildman–Crippen MR) is 61.9 cm³/mol. The number of aromatic hydroxyl groups is 2. The first kappa shape index (κ1) is 11.9. The number of nitrogens with zero attached hydrogens (tertiary/aromatic N) is 3. The molecule has 3 N–H and O–H groups in total. The molecule has 2 aromatic rings. The largest absolute Gasteiger partial charge is 0.508 e. The van der Waals surface area contributed by atoms with E-state index >= 15 is 0 Å². The fourth-order valence-electron chi connectivity index (χ4n) is 1.43. The van der Waals surface area contributed by atoms with Gasteiger partial charge in [-0.05, 0) is 12.1 Å². The monoisotopic (exact) mass is 248 g/mol. The van der Waals surface area contributed by atoms with Gasteiger partial charge in [-0.2, -0.15) is 5.10 Å². The van der Waals surface area contributed by atoms with Crippen molar-refractivity contribution in [1.29, 1.82) is 0 Å². The van der Waals surface area contributed by atoms with E-state index in [9.17, 15) is 9.90 Å². The van der Waals surface area contributed by atoms with E-state index in [4.69, 9.17) is 5.11 Å². The zero-order valence-corrected chi connectivity index (χ0v) is 9.66. The maximum atomic E-state index is 11.7. The van der Waals surface area contributed by atoms with Crippen LogP contribution in [0.1, 0.15) is 16.2 Å². The minimum Gasteiger partial charge on any atom is -0.508 e. The molecule has 0 bridgehead atoms. The quantitative estimate of drug-likeness (QED) is 0.718. The first-order valence-corrected chi connectivity index (χ1v) is 5.21. The summed E-state index contributed by atoms with van der Waals surface area (Å²) >= 11 is 0. The van der Waals surface area contributed by atoms with Gasteiger partial charge in [-0.25, -0.2) is 4.98 Å². The van der Waals surface area contributed by atoms with Crippen LogP contribution in [0.5, 0.6) is 11.5 Å². The molecule has 7 nitrogen and oxygen atoms in total. The number of phenols is 2. The van der Waals surface area contributed by atoms with Crippen LogP contribution in [0.4, 0.5) is 0 Å². The molecule has 0 saturated heterocycles. The molecular weight excluding hydrogens is 236 g/mol. The minimum absolute atomic E-state index is 0.0868. The van der Waals surface area contributed by atoms with Gasteiger partial charge < -0.3 is 15.5 Å². The van der Waals surface area contributed by atoms with E-state index in [1.165, 1.54) is 23.1 Å². The third kappa shape index (κ3) is 2.57. The van der Waals surface area contributed by atoms with Gasteiger partial charge in [-0.1, -0.05) is 0 Å². The van der Waals surface area contributed by atoms with Crippen molar-refractivity contribution in [3.63, 3.8) is 0 Å². The summed E-state index contributed by atoms with van der Waals surface area (Å²) in [5.74, 6) is -0.360. The summed E-state index contributed by atoms with van der Waals surface area (Å²) in [7, 11) is 1.73. The lowest BCUT2D eigenvalue weighted by atomic mass is 10.2. The molecule has 0 spiro atoms. The van der Waals surface area contributed by atoms with Gasteiger partial charge in [-0.15, -0.1) is 0 Å². The minimum atomic E-state index is -0.458. The number of hydrogen-bond donors (Lipinski definition) is 3. The van der Waals surface area contributed by atoms with Crippen molar-refractivity contribution in [1.82, 2.24) is 20.1 Å². The second kappa shape index (κ2) is 4.74. The molecular formula is C11H12N4O3. The summed E-state index contributed by atoms with van der Waals surface area (Å²) in [6.07, 6.45) is 1.53. The molecule has 94 valence electrons. The van der Waals surface area contributed by atoms with Crippen molar-refractivity contribution >= 4 is 5.91 Å². The average Bonchev–Trinajstić information content (AvgIpc) is 2.72. The first-order valence-electron chi connectivity index (χ1n) is 5.21. The molecule has 0 aliphatic rings. The highest BCUT2D eigenvalue weighted by Gasteiger charge is 2.11. The second-order valence-electron chi connectivity index (χ2n) is 3.72. The molecule has 0 saturated carbocycles. The van der Waals surface area contributed by atoms with Crippen LogP contribution in [-0.4, -0.2) is 30.9 Å². The third-order valence-electron chi connectivity index (χ3n) is 2.28. The summed E-state index contributed by atoms with van der Waals surface area (Å²) in [6, 6.07) is 3.77. The highest BCUT2D eigenvalue weighted by atomic mass is 16.3. The molecule has 1 aromatic carbocycles. The van der Waals surface area contributed by atoms with E-state index < -0.39 is 5.91 Å². The van der Waals surface area contributed by atoms with Gasteiger partial charge in [0.1, 0.15) is 17.8 Å². The van der Waals surface area contributed by atoms with Crippen LogP contribution < -0.4 is 5.32 Å². The molecule has 0 fully saturated rings. The van der Waals surface area contributed by atoms with Gasteiger partial charge in [0.15, 0.2) is 5.82 Å². The second-order valence-corrected chi connectivity index (χ2v) is 3.72. The topological polar surface area (TPSA) is 100 Å². The number of hydrogen-bond acceptors (Lipinski definition) is 5. The number of aryl methyl sites for hydroxylation is 1. The molecule has 1 aromatic heterocycles. The number of rotatable bonds is 3. The molecule has 1 heterocycles. The summed E-state index contributed by atoms with van der Waals surface area (Å²) < 4.78 is 1.53. The number of nitrogens with one attached hydrogen (secondary N) is 1. The van der Waals surface area contributed by atoms with Crippen LogP contribution in [0.15, 0.2) is 24.5 Å². The third-order valence-corrected chi connectivity index (χ3v) is 2.28. The van der Waals surface area contributed by atoms with Crippen molar-refractivity contribution in [3.8, 4) is 11.5 Å². The Morgan fingerprint density at radius 1 is 1.44 bits per heavy atom. The highest BCUT2D eigenvalue weighted by molar-refractivity contribution is 5.96. The van der Waals surface area contributed by atoms with Crippen LogP contribution >= 0.6 is 0 Å². The normalized spacial score (nSPS) is 10.3. The number of amides is 1. The van der Waals surface area contributed by atoms with Gasteiger partial charge in [0.05, 0.1) is 12.1 Å². The van der Waals surface area contributed by atoms with Crippen LogP contribution in [-0.2, 0) is 13.6 Å². The molecule has 18 heavy (non-hydrogen) atoms. The molecule has 1 amide bonds. The summed E-state index contributed by atoms with van der Waals surface area (Å²) in [4.78, 5) is 15.7. The lowest BCUT2D eigenvalue weighted by molar-refractivity contribution is 0.0947. The van der Waals surface area contributed by atoms with Crippen LogP contribution in [0.2, 0.25) is 0 Å². The summed E-state index contributed by atoms with van der Waals surface area (Å²) in [6.45, 7) is 0.167. The zero-order chi connectivity index (χ0) is 13.1. The zero-order valence-electron chi connectivity index (χ0n) is 9.66. The fourth-order valence-corrected chi connectivity index (χ4v) is 1.43. The maximum absolute atomic E-state index is 11.7. The van der Waals surface area contributed by atoms with Crippen molar-refractivity contribution in [2.45, 2.75) is 6.54 Å². The summed E-state index contributed by atoms with van der Waals surface area (Å²) in [5, 5.41) is 25.2. The Hall–Kier alpha value is -2.57. The first-order chi connectivity index (χ1) is 8.56. The molecule has 2 rings (SSSR count). The Labute approximate surface area is 103 Å². The van der Waals surface area contributed by atoms with Crippen LogP contribution in [0.3, 0.4) is 0 Å². The lowest BCUT2D eigenvalue weighted by Gasteiger charge is -2.05. The number of phenolic OH excluding ortho intramolecular Hbond substituents is 2. The van der Waals surface area contributed by atoms with Crippen molar-refractivity contribution in [3.05, 3.63) is 35.9 Å². The summed E-state index contributed by atoms with van der Waals surface area (Å²) in [5.41, 5.74) is 0.0868. The van der Waals surface area contributed by atoms with Crippen molar-refractivity contribution in [2.75, 3.05) is 0 Å². The van der Waals surface area contributed by atoms with Gasteiger partial charge in [0, 0.05) is 13.1 Å². The molecule has 0 atom stereocenters. The fraction of sp³-hybridized carbons (Fsp3) is 0.182. The number of carbonyl (C=O) groups excluding carboxylic acids is 1. The number of aromatic nitrogens is 3. The van der Waals surface area contributed by atoms with Gasteiger partial charge in [-0.3, -0.25) is 9.48 Å². The maximum Gasteiger partial charge on any atom is 0.255 e. The predicted octanol–water partition coefficient (Wildman–Crippen LogP) is 0.156. The molecule has 0 aliphatic carbocycles. The Balaban J connectivity index is 2.03. The van der Waals surface area contributed by atoms with E-state index in [1.54, 1.807) is 7.05 Å². The number of benzene rings is 1. The van der Waals surface area contributed by atoms with Crippen molar-refractivity contribution in [2.24, 2.45) is 7.05 Å². The number of carbonyl (C=O) groups is 1. The van der Waals surface area contributed by atoms with Gasteiger partial charge in [0.2, 0.25) is 0 Å². The average molecular weight is 248 g/mol. The molecule has 0 aliphatic heterocycles. The Kier molecular flexibility index (Phi) is 3.13. The van der Waals surface area contributed by atoms with Crippen molar-refractivity contribution < 1.29 is 15.0 Å². The van der Waals surface area contributed by atoms with E-state index in [0.29, 0.717) is 5.82 Å². The van der Waals surface area contributed by atoms with E-state index in [2.05, 4.69) is 15.4 Å². The van der Waals surface area contributed by atoms with E-state index in [0.717, 1.165) is 6.07 Å². The standard InChI is InChI=1S/C11H12N4O3/c1-15-6-13-10(14-15)5-12-11(18)8-3-2-7(16)4-9(8)17/h2-4,6,16-17H,5H2,1H3,(H,12,18). The molecule has 0 radical (unpaired) electrons. The van der Waals surface area contributed by atoms with E-state index in [1.807, 2.05) is 0 Å².